The number of fused-ring (bicyclic) bond motifs is 1. The summed E-state index contributed by atoms with van der Waals surface area (Å²) in [6.45, 7) is 6.27. The largest absolute Gasteiger partial charge is 0.328 e. The molecular formula is C12H13NO. The Balaban J connectivity index is 2.34. The third kappa shape index (κ3) is 1.23. The Bertz CT molecular complexity index is 384. The van der Waals surface area contributed by atoms with Gasteiger partial charge in [-0.05, 0) is 24.1 Å². The Morgan fingerprint density at radius 2 is 2.29 bits per heavy atom. The van der Waals surface area contributed by atoms with Crippen molar-refractivity contribution in [3.8, 4) is 0 Å². The van der Waals surface area contributed by atoms with E-state index in [1.165, 1.54) is 17.2 Å². The Hall–Kier alpha value is -1.57. The van der Waals surface area contributed by atoms with Crippen LogP contribution in [0.3, 0.4) is 0 Å². The Morgan fingerprint density at radius 3 is 2.93 bits per heavy atom. The van der Waals surface area contributed by atoms with Crippen molar-refractivity contribution in [2.24, 2.45) is 0 Å². The third-order valence-electron chi connectivity index (χ3n) is 2.77. The standard InChI is InChI=1S/C12H13NO/c1-3-12(14)13-8-10-6-4-5-7-11(10)9(13)2/h3-7,9H,1,8H2,2H3/t9-/m0/s1. The number of carbonyl (C=O) groups excluding carboxylic acids is 1. The average Bonchev–Trinajstić information content (AvgIpc) is 2.56. The molecule has 0 saturated carbocycles. The topological polar surface area (TPSA) is 20.3 Å². The summed E-state index contributed by atoms with van der Waals surface area (Å²) in [4.78, 5) is 13.3. The Kier molecular flexibility index (Phi) is 2.12. The molecule has 2 nitrogen and oxygen atoms in total. The molecule has 1 aliphatic heterocycles. The number of rotatable bonds is 1. The lowest BCUT2D eigenvalue weighted by molar-refractivity contribution is -0.127. The van der Waals surface area contributed by atoms with Gasteiger partial charge >= 0.3 is 0 Å². The van der Waals surface area contributed by atoms with Gasteiger partial charge in [0.05, 0.1) is 6.04 Å². The summed E-state index contributed by atoms with van der Waals surface area (Å²) < 4.78 is 0. The number of benzene rings is 1. The van der Waals surface area contributed by atoms with E-state index in [9.17, 15) is 4.79 Å². The van der Waals surface area contributed by atoms with Crippen LogP contribution in [0, 0.1) is 0 Å². The van der Waals surface area contributed by atoms with E-state index < -0.39 is 0 Å². The van der Waals surface area contributed by atoms with E-state index in [4.69, 9.17) is 0 Å². The molecule has 0 aromatic heterocycles. The van der Waals surface area contributed by atoms with Crippen molar-refractivity contribution in [2.75, 3.05) is 0 Å². The van der Waals surface area contributed by atoms with Crippen LogP contribution in [0.15, 0.2) is 36.9 Å². The second-order valence-electron chi connectivity index (χ2n) is 3.55. The van der Waals surface area contributed by atoms with Crippen LogP contribution >= 0.6 is 0 Å². The van der Waals surface area contributed by atoms with Gasteiger partial charge in [-0.1, -0.05) is 30.8 Å². The van der Waals surface area contributed by atoms with Crippen LogP contribution in [-0.4, -0.2) is 10.8 Å². The molecule has 0 aliphatic carbocycles. The fourth-order valence-corrected chi connectivity index (χ4v) is 1.96. The predicted molar refractivity (Wildman–Crippen MR) is 55.6 cm³/mol. The molecule has 1 atom stereocenters. The molecule has 1 amide bonds. The molecule has 0 bridgehead atoms. The van der Waals surface area contributed by atoms with E-state index in [0.717, 1.165) is 0 Å². The third-order valence-corrected chi connectivity index (χ3v) is 2.77. The van der Waals surface area contributed by atoms with Crippen molar-refractivity contribution in [1.82, 2.24) is 4.90 Å². The van der Waals surface area contributed by atoms with Crippen molar-refractivity contribution in [2.45, 2.75) is 19.5 Å². The van der Waals surface area contributed by atoms with Gasteiger partial charge in [0.2, 0.25) is 5.91 Å². The molecule has 0 saturated heterocycles. The lowest BCUT2D eigenvalue weighted by atomic mass is 10.1. The molecule has 1 aliphatic rings. The van der Waals surface area contributed by atoms with E-state index in [-0.39, 0.29) is 11.9 Å². The summed E-state index contributed by atoms with van der Waals surface area (Å²) in [6.07, 6.45) is 1.38. The highest BCUT2D eigenvalue weighted by Crippen LogP contribution is 2.32. The Labute approximate surface area is 83.8 Å². The highest BCUT2D eigenvalue weighted by molar-refractivity contribution is 5.87. The SMILES string of the molecule is C=CC(=O)N1Cc2ccccc2[C@@H]1C. The first kappa shape index (κ1) is 9.00. The maximum atomic E-state index is 11.5. The summed E-state index contributed by atoms with van der Waals surface area (Å²) in [5.74, 6) is 0.00806. The van der Waals surface area contributed by atoms with Crippen molar-refractivity contribution in [1.29, 1.82) is 0 Å². The number of hydrogen-bond acceptors (Lipinski definition) is 1. The quantitative estimate of drug-likeness (QED) is 0.618. The fraction of sp³-hybridized carbons (Fsp3) is 0.250. The van der Waals surface area contributed by atoms with Gasteiger partial charge in [-0.15, -0.1) is 0 Å². The van der Waals surface area contributed by atoms with E-state index in [1.807, 2.05) is 24.0 Å². The molecule has 0 spiro atoms. The predicted octanol–water partition coefficient (Wildman–Crippen LogP) is 2.28. The zero-order valence-electron chi connectivity index (χ0n) is 8.23. The van der Waals surface area contributed by atoms with Gasteiger partial charge in [0.25, 0.3) is 0 Å². The van der Waals surface area contributed by atoms with Crippen LogP contribution in [-0.2, 0) is 11.3 Å². The second-order valence-corrected chi connectivity index (χ2v) is 3.55. The van der Waals surface area contributed by atoms with Gasteiger partial charge in [0.1, 0.15) is 0 Å². The minimum atomic E-state index is 0.00806. The van der Waals surface area contributed by atoms with Crippen LogP contribution in [0.25, 0.3) is 0 Å². The average molecular weight is 187 g/mol. The Morgan fingerprint density at radius 1 is 1.57 bits per heavy atom. The molecule has 0 unspecified atom stereocenters. The molecule has 0 fully saturated rings. The molecule has 2 heteroatoms. The lowest BCUT2D eigenvalue weighted by Gasteiger charge is -2.19. The fourth-order valence-electron chi connectivity index (χ4n) is 1.96. The molecule has 14 heavy (non-hydrogen) atoms. The number of amides is 1. The molecule has 2 rings (SSSR count). The van der Waals surface area contributed by atoms with Crippen molar-refractivity contribution in [3.05, 3.63) is 48.0 Å². The van der Waals surface area contributed by atoms with Crippen molar-refractivity contribution >= 4 is 5.91 Å². The summed E-state index contributed by atoms with van der Waals surface area (Å²) in [7, 11) is 0. The van der Waals surface area contributed by atoms with Crippen molar-refractivity contribution in [3.63, 3.8) is 0 Å². The van der Waals surface area contributed by atoms with E-state index in [0.29, 0.717) is 6.54 Å². The van der Waals surface area contributed by atoms with Crippen molar-refractivity contribution < 1.29 is 4.79 Å². The van der Waals surface area contributed by atoms with Crippen LogP contribution in [0.2, 0.25) is 0 Å². The lowest BCUT2D eigenvalue weighted by Crippen LogP contribution is -2.25. The molecule has 1 aromatic carbocycles. The summed E-state index contributed by atoms with van der Waals surface area (Å²) in [5.41, 5.74) is 2.50. The number of nitrogens with zero attached hydrogens (tertiary/aromatic N) is 1. The van der Waals surface area contributed by atoms with E-state index in [1.54, 1.807) is 0 Å². The number of hydrogen-bond donors (Lipinski definition) is 0. The van der Waals surface area contributed by atoms with Crippen LogP contribution in [0.5, 0.6) is 0 Å². The first-order valence-electron chi connectivity index (χ1n) is 4.75. The maximum Gasteiger partial charge on any atom is 0.246 e. The van der Waals surface area contributed by atoms with Gasteiger partial charge in [0.15, 0.2) is 0 Å². The maximum absolute atomic E-state index is 11.5. The highest BCUT2D eigenvalue weighted by atomic mass is 16.2. The molecule has 1 heterocycles. The first-order chi connectivity index (χ1) is 6.74. The normalized spacial score (nSPS) is 19.2. The zero-order valence-corrected chi connectivity index (χ0v) is 8.23. The highest BCUT2D eigenvalue weighted by Gasteiger charge is 2.28. The summed E-state index contributed by atoms with van der Waals surface area (Å²) >= 11 is 0. The minimum Gasteiger partial charge on any atom is -0.328 e. The van der Waals surface area contributed by atoms with Gasteiger partial charge in [-0.3, -0.25) is 4.79 Å². The smallest absolute Gasteiger partial charge is 0.246 e. The minimum absolute atomic E-state index is 0.00806. The first-order valence-corrected chi connectivity index (χ1v) is 4.75. The van der Waals surface area contributed by atoms with Gasteiger partial charge in [-0.2, -0.15) is 0 Å². The molecule has 1 aromatic rings. The molecule has 0 N–H and O–H groups in total. The second kappa shape index (κ2) is 3.29. The van der Waals surface area contributed by atoms with Gasteiger partial charge in [0, 0.05) is 6.54 Å². The van der Waals surface area contributed by atoms with E-state index >= 15 is 0 Å². The monoisotopic (exact) mass is 187 g/mol. The summed E-state index contributed by atoms with van der Waals surface area (Å²) in [5, 5.41) is 0. The van der Waals surface area contributed by atoms with E-state index in [2.05, 4.69) is 18.7 Å². The molecule has 72 valence electrons. The van der Waals surface area contributed by atoms with Crippen LogP contribution in [0.1, 0.15) is 24.1 Å². The van der Waals surface area contributed by atoms with Crippen LogP contribution < -0.4 is 0 Å². The molecular weight excluding hydrogens is 174 g/mol. The zero-order chi connectivity index (χ0) is 10.1. The number of carbonyl (C=O) groups is 1. The van der Waals surface area contributed by atoms with Gasteiger partial charge in [-0.25, -0.2) is 0 Å². The van der Waals surface area contributed by atoms with Crippen LogP contribution in [0.4, 0.5) is 0 Å². The van der Waals surface area contributed by atoms with Gasteiger partial charge < -0.3 is 4.90 Å². The summed E-state index contributed by atoms with van der Waals surface area (Å²) in [6, 6.07) is 8.35. The molecule has 0 radical (unpaired) electrons.